The molecular formula is C21H24N2O5. The van der Waals surface area contributed by atoms with Crippen molar-refractivity contribution in [3.05, 3.63) is 58.9 Å². The van der Waals surface area contributed by atoms with Gasteiger partial charge in [0.25, 0.3) is 5.91 Å². The number of ether oxygens (including phenoxy) is 2. The van der Waals surface area contributed by atoms with Gasteiger partial charge in [-0.3, -0.25) is 4.79 Å². The molecule has 0 saturated carbocycles. The van der Waals surface area contributed by atoms with Gasteiger partial charge in [-0.15, -0.1) is 0 Å². The highest BCUT2D eigenvalue weighted by Gasteiger charge is 2.15. The molecule has 1 heterocycles. The number of amides is 1. The third-order valence-electron chi connectivity index (χ3n) is 3.92. The maximum absolute atomic E-state index is 12.4. The lowest BCUT2D eigenvalue weighted by Gasteiger charge is -2.09. The van der Waals surface area contributed by atoms with Crippen molar-refractivity contribution in [3.63, 3.8) is 0 Å². The van der Waals surface area contributed by atoms with Crippen LogP contribution < -0.4 is 5.32 Å². The number of esters is 2. The number of rotatable bonds is 8. The molecule has 7 nitrogen and oxygen atoms in total. The van der Waals surface area contributed by atoms with E-state index in [4.69, 9.17) is 9.47 Å². The SMILES string of the molecule is CCCCOC(=O)c1ccc(NC(=O)c2ccc(C(=O)OCC)c(C)n2)cc1. The van der Waals surface area contributed by atoms with E-state index in [1.165, 1.54) is 12.1 Å². The van der Waals surface area contributed by atoms with E-state index in [2.05, 4.69) is 10.3 Å². The highest BCUT2D eigenvalue weighted by molar-refractivity contribution is 6.03. The van der Waals surface area contributed by atoms with E-state index in [0.29, 0.717) is 29.1 Å². The minimum Gasteiger partial charge on any atom is -0.462 e. The van der Waals surface area contributed by atoms with Gasteiger partial charge in [-0.1, -0.05) is 13.3 Å². The first kappa shape index (κ1) is 21.1. The molecule has 1 aromatic heterocycles. The summed E-state index contributed by atoms with van der Waals surface area (Å²) in [5.74, 6) is -1.28. The molecule has 0 aliphatic rings. The third-order valence-corrected chi connectivity index (χ3v) is 3.92. The van der Waals surface area contributed by atoms with Crippen molar-refractivity contribution >= 4 is 23.5 Å². The van der Waals surface area contributed by atoms with Gasteiger partial charge < -0.3 is 14.8 Å². The first-order valence-corrected chi connectivity index (χ1v) is 9.19. The standard InChI is InChI=1S/C21H24N2O5/c1-4-6-13-28-20(25)15-7-9-16(10-8-15)23-19(24)18-12-11-17(14(3)22-18)21(26)27-5-2/h7-12H,4-6,13H2,1-3H3,(H,23,24). The fourth-order valence-corrected chi connectivity index (χ4v) is 2.39. The zero-order valence-corrected chi connectivity index (χ0v) is 16.3. The maximum atomic E-state index is 12.4. The number of nitrogens with zero attached hydrogens (tertiary/aromatic N) is 1. The van der Waals surface area contributed by atoms with E-state index in [0.717, 1.165) is 12.8 Å². The van der Waals surface area contributed by atoms with Crippen LogP contribution in [0.15, 0.2) is 36.4 Å². The number of pyridine rings is 1. The van der Waals surface area contributed by atoms with Crippen LogP contribution in [-0.2, 0) is 9.47 Å². The topological polar surface area (TPSA) is 94.6 Å². The van der Waals surface area contributed by atoms with E-state index in [1.54, 1.807) is 38.1 Å². The Morgan fingerprint density at radius 2 is 1.68 bits per heavy atom. The Kier molecular flexibility index (Phi) is 7.68. The number of carbonyl (C=O) groups excluding carboxylic acids is 3. The largest absolute Gasteiger partial charge is 0.462 e. The number of hydrogen-bond donors (Lipinski definition) is 1. The highest BCUT2D eigenvalue weighted by Crippen LogP contribution is 2.14. The average Bonchev–Trinajstić information content (AvgIpc) is 2.68. The summed E-state index contributed by atoms with van der Waals surface area (Å²) in [7, 11) is 0. The first-order valence-electron chi connectivity index (χ1n) is 9.19. The molecule has 0 radical (unpaired) electrons. The van der Waals surface area contributed by atoms with Gasteiger partial charge in [0.2, 0.25) is 0 Å². The molecule has 2 rings (SSSR count). The van der Waals surface area contributed by atoms with E-state index in [-0.39, 0.29) is 12.3 Å². The number of nitrogens with one attached hydrogen (secondary N) is 1. The van der Waals surface area contributed by atoms with Crippen molar-refractivity contribution in [1.82, 2.24) is 4.98 Å². The van der Waals surface area contributed by atoms with E-state index in [1.807, 2.05) is 6.92 Å². The number of benzene rings is 1. The molecule has 148 valence electrons. The van der Waals surface area contributed by atoms with Crippen LogP contribution in [0.5, 0.6) is 0 Å². The highest BCUT2D eigenvalue weighted by atomic mass is 16.5. The average molecular weight is 384 g/mol. The van der Waals surface area contributed by atoms with Crippen LogP contribution >= 0.6 is 0 Å². The van der Waals surface area contributed by atoms with Crippen molar-refractivity contribution in [2.24, 2.45) is 0 Å². The number of carbonyl (C=O) groups is 3. The summed E-state index contributed by atoms with van der Waals surface area (Å²) in [5, 5.41) is 2.71. The molecule has 0 bridgehead atoms. The van der Waals surface area contributed by atoms with Gasteiger partial charge in [0, 0.05) is 5.69 Å². The second-order valence-electron chi connectivity index (χ2n) is 6.07. The Labute approximate surface area is 164 Å². The minimum absolute atomic E-state index is 0.175. The molecule has 0 aliphatic heterocycles. The van der Waals surface area contributed by atoms with Crippen molar-refractivity contribution in [3.8, 4) is 0 Å². The van der Waals surface area contributed by atoms with Crippen LogP contribution in [0.4, 0.5) is 5.69 Å². The lowest BCUT2D eigenvalue weighted by atomic mass is 10.1. The van der Waals surface area contributed by atoms with Crippen LogP contribution in [0.25, 0.3) is 0 Å². The number of aryl methyl sites for hydroxylation is 1. The second-order valence-corrected chi connectivity index (χ2v) is 6.07. The Morgan fingerprint density at radius 3 is 2.29 bits per heavy atom. The van der Waals surface area contributed by atoms with Gasteiger partial charge in [-0.05, 0) is 56.7 Å². The molecule has 0 saturated heterocycles. The first-order chi connectivity index (χ1) is 13.5. The van der Waals surface area contributed by atoms with Gasteiger partial charge in [-0.25, -0.2) is 14.6 Å². The Bertz CT molecular complexity index is 846. The number of hydrogen-bond acceptors (Lipinski definition) is 6. The van der Waals surface area contributed by atoms with Crippen molar-refractivity contribution in [1.29, 1.82) is 0 Å². The molecule has 2 aromatic rings. The fourth-order valence-electron chi connectivity index (χ4n) is 2.39. The lowest BCUT2D eigenvalue weighted by Crippen LogP contribution is -2.16. The Hall–Kier alpha value is -3.22. The van der Waals surface area contributed by atoms with Crippen LogP contribution in [0.2, 0.25) is 0 Å². The number of anilines is 1. The smallest absolute Gasteiger partial charge is 0.339 e. The summed E-state index contributed by atoms with van der Waals surface area (Å²) in [6.07, 6.45) is 1.77. The Morgan fingerprint density at radius 1 is 0.964 bits per heavy atom. The van der Waals surface area contributed by atoms with Gasteiger partial charge in [-0.2, -0.15) is 0 Å². The van der Waals surface area contributed by atoms with Crippen molar-refractivity contribution in [2.45, 2.75) is 33.6 Å². The van der Waals surface area contributed by atoms with Crippen LogP contribution in [0.3, 0.4) is 0 Å². The monoisotopic (exact) mass is 384 g/mol. The van der Waals surface area contributed by atoms with E-state index >= 15 is 0 Å². The predicted molar refractivity (Wildman–Crippen MR) is 105 cm³/mol. The van der Waals surface area contributed by atoms with Gasteiger partial charge in [0.15, 0.2) is 0 Å². The normalized spacial score (nSPS) is 10.2. The number of unbranched alkanes of at least 4 members (excludes halogenated alkanes) is 1. The minimum atomic E-state index is -0.471. The molecule has 0 aliphatic carbocycles. The van der Waals surface area contributed by atoms with Crippen LogP contribution in [0, 0.1) is 6.92 Å². The van der Waals surface area contributed by atoms with Crippen LogP contribution in [0.1, 0.15) is 63.6 Å². The Balaban J connectivity index is 2.01. The van der Waals surface area contributed by atoms with Crippen molar-refractivity contribution in [2.75, 3.05) is 18.5 Å². The second kappa shape index (κ2) is 10.2. The molecule has 7 heteroatoms. The lowest BCUT2D eigenvalue weighted by molar-refractivity contribution is 0.0496. The summed E-state index contributed by atoms with van der Waals surface area (Å²) >= 11 is 0. The quantitative estimate of drug-likeness (QED) is 0.550. The summed E-state index contributed by atoms with van der Waals surface area (Å²) in [6, 6.07) is 9.40. The molecular weight excluding hydrogens is 360 g/mol. The fraction of sp³-hybridized carbons (Fsp3) is 0.333. The molecule has 0 unspecified atom stereocenters. The molecule has 1 aromatic carbocycles. The molecule has 0 spiro atoms. The molecule has 28 heavy (non-hydrogen) atoms. The van der Waals surface area contributed by atoms with Gasteiger partial charge in [0.1, 0.15) is 5.69 Å². The molecule has 0 fully saturated rings. The molecule has 1 N–H and O–H groups in total. The third kappa shape index (κ3) is 5.64. The van der Waals surface area contributed by atoms with Crippen LogP contribution in [-0.4, -0.2) is 36.0 Å². The van der Waals surface area contributed by atoms with E-state index < -0.39 is 17.8 Å². The zero-order valence-electron chi connectivity index (χ0n) is 16.3. The van der Waals surface area contributed by atoms with E-state index in [9.17, 15) is 14.4 Å². The maximum Gasteiger partial charge on any atom is 0.339 e. The summed E-state index contributed by atoms with van der Waals surface area (Å²) < 4.78 is 10.1. The predicted octanol–water partition coefficient (Wildman–Crippen LogP) is 3.78. The summed E-state index contributed by atoms with van der Waals surface area (Å²) in [6.45, 7) is 6.04. The van der Waals surface area contributed by atoms with Gasteiger partial charge >= 0.3 is 11.9 Å². The zero-order chi connectivity index (χ0) is 20.5. The van der Waals surface area contributed by atoms with Gasteiger partial charge in [0.05, 0.1) is 30.0 Å². The molecule has 1 amide bonds. The summed E-state index contributed by atoms with van der Waals surface area (Å²) in [4.78, 5) is 40.3. The van der Waals surface area contributed by atoms with Crippen molar-refractivity contribution < 1.29 is 23.9 Å². The number of aromatic nitrogens is 1. The summed E-state index contributed by atoms with van der Waals surface area (Å²) in [5.41, 5.74) is 1.85. The molecule has 0 atom stereocenters.